The van der Waals surface area contributed by atoms with Crippen molar-refractivity contribution in [2.75, 3.05) is 6.61 Å². The third kappa shape index (κ3) is 14.1. The van der Waals surface area contributed by atoms with E-state index in [9.17, 15) is 53.4 Å². The number of carboxylic acids is 1. The predicted octanol–water partition coefficient (Wildman–Crippen LogP) is -2.98. The number of nitrogens with one attached hydrogen (secondary N) is 8. The number of hydrogen-bond acceptors (Lipinski definition) is 12. The summed E-state index contributed by atoms with van der Waals surface area (Å²) in [5.41, 5.74) is 7.28. The number of carboxylic acid groups (broad SMARTS) is 1. The van der Waals surface area contributed by atoms with E-state index in [4.69, 9.17) is 5.73 Å². The van der Waals surface area contributed by atoms with Crippen LogP contribution in [-0.4, -0.2) is 132 Å². The lowest BCUT2D eigenvalue weighted by Crippen LogP contribution is -2.61. The first kappa shape index (κ1) is 48.8. The number of aliphatic hydroxyl groups is 1. The molecular formula is C40H56N12O11. The molecule has 1 aromatic carbocycles. The number of aromatic nitrogens is 4. The number of carbonyl (C=O) groups is 9. The van der Waals surface area contributed by atoms with Gasteiger partial charge in [-0.3, -0.25) is 43.2 Å². The second kappa shape index (κ2) is 22.3. The Kier molecular flexibility index (Phi) is 17.2. The van der Waals surface area contributed by atoms with Gasteiger partial charge < -0.3 is 58.1 Å². The number of nitrogens with two attached hydrogens (primary N) is 1. The molecule has 1 aliphatic heterocycles. The Morgan fingerprint density at radius 3 is 2.19 bits per heavy atom. The van der Waals surface area contributed by atoms with Crippen LogP contribution in [0, 0.1) is 11.8 Å². The molecule has 0 aliphatic carbocycles. The Labute approximate surface area is 361 Å². The van der Waals surface area contributed by atoms with Gasteiger partial charge in [0.05, 0.1) is 18.8 Å². The molecule has 23 nitrogen and oxygen atoms in total. The number of carbonyl (C=O) groups excluding carboxylic acids is 8. The Morgan fingerprint density at radius 1 is 0.905 bits per heavy atom. The molecule has 3 aromatic rings. The maximum Gasteiger partial charge on any atom is 0.303 e. The van der Waals surface area contributed by atoms with Crippen molar-refractivity contribution in [1.82, 2.24) is 57.2 Å². The summed E-state index contributed by atoms with van der Waals surface area (Å²) in [5, 5.41) is 46.1. The molecule has 0 unspecified atom stereocenters. The van der Waals surface area contributed by atoms with Gasteiger partial charge in [0.2, 0.25) is 47.3 Å². The van der Waals surface area contributed by atoms with Gasteiger partial charge in [-0.05, 0) is 36.3 Å². The highest BCUT2D eigenvalue weighted by Crippen LogP contribution is 2.19. The number of para-hydroxylation sites is 1. The smallest absolute Gasteiger partial charge is 0.303 e. The Bertz CT molecular complexity index is 2170. The number of aromatic amines is 1. The van der Waals surface area contributed by atoms with Crippen LogP contribution in [0.3, 0.4) is 0 Å². The topological polar surface area (TPSA) is 351 Å². The van der Waals surface area contributed by atoms with Crippen molar-refractivity contribution in [3.8, 4) is 0 Å². The van der Waals surface area contributed by atoms with Gasteiger partial charge in [-0.1, -0.05) is 51.1 Å². The standard InChI is InChI=1S/C40H56N12O11/c1-19(2)12-28-36(59)48-30(38(61)45-27(34(41)57)13-22-15-42-25-9-7-6-8-24(22)25)17-52-16-23(50-51-52)14-29(47-40(63)33(20(3)4)43-21(5)54)37(60)49-31(18-53)39(62)44-26(35(58)46-28)10-11-32(55)56/h6-9,15-16,19-20,26-31,33,42,53H,10-14,17-18H2,1-5H3,(H2,41,57)(H,43,54)(H,44,62)(H,45,61)(H,46,58)(H,47,63)(H,48,59)(H,49,60)(H,55,56)/t26-,27-,28-,29-,30-,31-,33-/m0/s1. The number of aliphatic hydroxyl groups excluding tert-OH is 1. The maximum absolute atomic E-state index is 14.1. The Hall–Kier alpha value is -6.91. The van der Waals surface area contributed by atoms with E-state index in [1.165, 1.54) is 13.1 Å². The summed E-state index contributed by atoms with van der Waals surface area (Å²) in [4.78, 5) is 122. The van der Waals surface area contributed by atoms with Gasteiger partial charge in [0.25, 0.3) is 0 Å². The second-order valence-corrected chi connectivity index (χ2v) is 16.1. The van der Waals surface area contributed by atoms with Crippen LogP contribution in [0.15, 0.2) is 36.7 Å². The maximum atomic E-state index is 14.1. The molecule has 2 bridgehead atoms. The van der Waals surface area contributed by atoms with E-state index < -0.39 is 127 Å². The molecule has 7 atom stereocenters. The summed E-state index contributed by atoms with van der Waals surface area (Å²) in [6.07, 6.45) is 1.50. The zero-order chi connectivity index (χ0) is 46.5. The van der Waals surface area contributed by atoms with Gasteiger partial charge in [0.1, 0.15) is 42.3 Å². The molecule has 23 heteroatoms. The average Bonchev–Trinajstić information content (AvgIpc) is 3.84. The van der Waals surface area contributed by atoms with E-state index in [2.05, 4.69) is 52.5 Å². The number of nitrogens with zero attached hydrogens (tertiary/aromatic N) is 3. The number of primary amides is 1. The molecule has 3 heterocycles. The summed E-state index contributed by atoms with van der Waals surface area (Å²) < 4.78 is 1.16. The molecule has 0 saturated heterocycles. The predicted molar refractivity (Wildman–Crippen MR) is 222 cm³/mol. The molecule has 2 aromatic heterocycles. The Balaban J connectivity index is 1.76. The molecule has 0 radical (unpaired) electrons. The SMILES string of the molecule is CC(=O)N[C@H](C(=O)N[C@H]1Cc2cn(nn2)C[C@@H](C(=O)N[C@@H](Cc2c[nH]c3ccccc23)C(N)=O)NC(=O)[C@H](CC(C)C)NC(=O)[C@H](CCC(=O)O)NC(=O)[C@H](CO)NC1=O)C(C)C. The normalized spacial score (nSPS) is 21.2. The van der Waals surface area contributed by atoms with Crippen molar-refractivity contribution in [1.29, 1.82) is 0 Å². The minimum absolute atomic E-state index is 0.00545. The van der Waals surface area contributed by atoms with Gasteiger partial charge >= 0.3 is 5.97 Å². The van der Waals surface area contributed by atoms with Gasteiger partial charge in [-0.15, -0.1) is 5.10 Å². The highest BCUT2D eigenvalue weighted by molar-refractivity contribution is 5.98. The fourth-order valence-corrected chi connectivity index (χ4v) is 6.87. The lowest BCUT2D eigenvalue weighted by Gasteiger charge is -2.28. The summed E-state index contributed by atoms with van der Waals surface area (Å²) in [6.45, 7) is 6.61. The lowest BCUT2D eigenvalue weighted by atomic mass is 10.0. The minimum Gasteiger partial charge on any atom is -0.481 e. The summed E-state index contributed by atoms with van der Waals surface area (Å²) in [5.74, 6) is -9.03. The summed E-state index contributed by atoms with van der Waals surface area (Å²) in [7, 11) is 0. The van der Waals surface area contributed by atoms with Crippen molar-refractivity contribution < 1.29 is 53.4 Å². The van der Waals surface area contributed by atoms with Crippen molar-refractivity contribution in [3.05, 3.63) is 47.9 Å². The molecule has 0 saturated carbocycles. The number of benzene rings is 1. The number of rotatable bonds is 15. The van der Waals surface area contributed by atoms with Gasteiger partial charge in [0.15, 0.2) is 0 Å². The van der Waals surface area contributed by atoms with E-state index in [1.54, 1.807) is 40.0 Å². The van der Waals surface area contributed by atoms with Crippen LogP contribution in [-0.2, 0) is 62.5 Å². The van der Waals surface area contributed by atoms with E-state index in [1.807, 2.05) is 18.2 Å². The largest absolute Gasteiger partial charge is 0.481 e. The van der Waals surface area contributed by atoms with Crippen LogP contribution < -0.4 is 43.0 Å². The third-order valence-electron chi connectivity index (χ3n) is 10.1. The van der Waals surface area contributed by atoms with Crippen molar-refractivity contribution >= 4 is 64.1 Å². The first-order chi connectivity index (χ1) is 29.8. The van der Waals surface area contributed by atoms with E-state index >= 15 is 0 Å². The highest BCUT2D eigenvalue weighted by atomic mass is 16.4. The fraction of sp³-hybridized carbons (Fsp3) is 0.525. The van der Waals surface area contributed by atoms with Crippen molar-refractivity contribution in [3.63, 3.8) is 0 Å². The molecule has 4 rings (SSSR count). The quantitative estimate of drug-likeness (QED) is 0.0727. The monoisotopic (exact) mass is 880 g/mol. The molecule has 8 amide bonds. The molecule has 0 fully saturated rings. The van der Waals surface area contributed by atoms with Crippen LogP contribution in [0.4, 0.5) is 0 Å². The van der Waals surface area contributed by atoms with E-state index in [0.29, 0.717) is 5.56 Å². The molecule has 0 spiro atoms. The van der Waals surface area contributed by atoms with Gasteiger partial charge in [0, 0.05) is 49.5 Å². The highest BCUT2D eigenvalue weighted by Gasteiger charge is 2.36. The van der Waals surface area contributed by atoms with Crippen LogP contribution in [0.25, 0.3) is 10.9 Å². The molecule has 12 N–H and O–H groups in total. The summed E-state index contributed by atoms with van der Waals surface area (Å²) >= 11 is 0. The van der Waals surface area contributed by atoms with Crippen LogP contribution in [0.5, 0.6) is 0 Å². The van der Waals surface area contributed by atoms with E-state index in [0.717, 1.165) is 15.6 Å². The third-order valence-corrected chi connectivity index (χ3v) is 10.1. The molecule has 342 valence electrons. The van der Waals surface area contributed by atoms with Gasteiger partial charge in [-0.2, -0.15) is 0 Å². The van der Waals surface area contributed by atoms with Crippen molar-refractivity contribution in [2.45, 2.75) is 116 Å². The van der Waals surface area contributed by atoms with Crippen LogP contribution >= 0.6 is 0 Å². The first-order valence-electron chi connectivity index (χ1n) is 20.4. The molecule has 63 heavy (non-hydrogen) atoms. The number of amides is 8. The zero-order valence-corrected chi connectivity index (χ0v) is 35.6. The zero-order valence-electron chi connectivity index (χ0n) is 35.6. The minimum atomic E-state index is -1.72. The number of aliphatic carboxylic acids is 1. The van der Waals surface area contributed by atoms with Gasteiger partial charge in [-0.25, -0.2) is 4.68 Å². The number of fused-ring (bicyclic) bond motifs is 3. The van der Waals surface area contributed by atoms with Crippen molar-refractivity contribution in [2.24, 2.45) is 17.6 Å². The van der Waals surface area contributed by atoms with Crippen LogP contribution in [0.2, 0.25) is 0 Å². The second-order valence-electron chi connectivity index (χ2n) is 16.1. The fourth-order valence-electron chi connectivity index (χ4n) is 6.87. The molecular weight excluding hydrogens is 825 g/mol. The van der Waals surface area contributed by atoms with E-state index in [-0.39, 0.29) is 30.9 Å². The lowest BCUT2D eigenvalue weighted by molar-refractivity contribution is -0.139. The number of H-pyrrole nitrogens is 1. The van der Waals surface area contributed by atoms with Crippen LogP contribution in [0.1, 0.15) is 65.1 Å². The Morgan fingerprint density at radius 2 is 1.56 bits per heavy atom. The summed E-state index contributed by atoms with van der Waals surface area (Å²) in [6, 6.07) is -2.82. The average molecular weight is 881 g/mol. The molecule has 1 aliphatic rings. The first-order valence-corrected chi connectivity index (χ1v) is 20.4. The number of hydrogen-bond donors (Lipinski definition) is 11.